The Kier molecular flexibility index (Phi) is 3.08. The molecule has 2 rings (SSSR count). The monoisotopic (exact) mass is 222 g/mol. The maximum absolute atomic E-state index is 5.79. The van der Waals surface area contributed by atoms with E-state index in [9.17, 15) is 0 Å². The Hall–Kier alpha value is -1.26. The van der Waals surface area contributed by atoms with Gasteiger partial charge >= 0.3 is 0 Å². The summed E-state index contributed by atoms with van der Waals surface area (Å²) in [4.78, 5) is 1.17. The molecule has 3 nitrogen and oxygen atoms in total. The summed E-state index contributed by atoms with van der Waals surface area (Å²) >= 11 is 1.67. The van der Waals surface area contributed by atoms with Crippen molar-refractivity contribution in [2.75, 3.05) is 5.73 Å². The van der Waals surface area contributed by atoms with E-state index in [1.165, 1.54) is 4.88 Å². The van der Waals surface area contributed by atoms with Gasteiger partial charge in [-0.15, -0.1) is 11.3 Å². The first kappa shape index (κ1) is 10.3. The van der Waals surface area contributed by atoms with Gasteiger partial charge in [-0.05, 0) is 30.5 Å². The van der Waals surface area contributed by atoms with Gasteiger partial charge in [-0.2, -0.15) is 0 Å². The fraction of sp³-hybridized carbons (Fsp3) is 0.273. The second-order valence-electron chi connectivity index (χ2n) is 3.42. The van der Waals surface area contributed by atoms with Crippen LogP contribution in [0.5, 0.6) is 0 Å². The minimum Gasteiger partial charge on any atom is -0.468 e. The van der Waals surface area contributed by atoms with Gasteiger partial charge in [-0.25, -0.2) is 0 Å². The number of furan rings is 1. The van der Waals surface area contributed by atoms with Crippen molar-refractivity contribution in [2.45, 2.75) is 19.5 Å². The largest absolute Gasteiger partial charge is 0.468 e. The standard InChI is InChI=1S/C11H14N2OS/c1-8(10-3-2-5-14-10)13-7-11-9(12)4-6-15-11/h2-6,8,13H,7,12H2,1H3. The number of hydrogen-bond donors (Lipinski definition) is 2. The van der Waals surface area contributed by atoms with Gasteiger partial charge in [-0.1, -0.05) is 0 Å². The van der Waals surface area contributed by atoms with Crippen LogP contribution < -0.4 is 11.1 Å². The summed E-state index contributed by atoms with van der Waals surface area (Å²) in [6.07, 6.45) is 1.69. The molecule has 0 fully saturated rings. The van der Waals surface area contributed by atoms with Crippen molar-refractivity contribution in [3.63, 3.8) is 0 Å². The normalized spacial score (nSPS) is 12.9. The van der Waals surface area contributed by atoms with E-state index >= 15 is 0 Å². The van der Waals surface area contributed by atoms with E-state index < -0.39 is 0 Å². The van der Waals surface area contributed by atoms with Crippen LogP contribution in [0, 0.1) is 0 Å². The van der Waals surface area contributed by atoms with Gasteiger partial charge in [-0.3, -0.25) is 0 Å². The van der Waals surface area contributed by atoms with Crippen LogP contribution in [-0.2, 0) is 6.54 Å². The first-order valence-electron chi connectivity index (χ1n) is 4.86. The van der Waals surface area contributed by atoms with Crippen molar-refractivity contribution >= 4 is 17.0 Å². The maximum atomic E-state index is 5.79. The van der Waals surface area contributed by atoms with Gasteiger partial charge in [0.05, 0.1) is 12.3 Å². The Morgan fingerprint density at radius 1 is 1.53 bits per heavy atom. The van der Waals surface area contributed by atoms with E-state index in [1.807, 2.05) is 23.6 Å². The summed E-state index contributed by atoms with van der Waals surface area (Å²) in [7, 11) is 0. The fourth-order valence-corrected chi connectivity index (χ4v) is 2.13. The molecular weight excluding hydrogens is 208 g/mol. The average molecular weight is 222 g/mol. The number of nitrogens with two attached hydrogens (primary N) is 1. The lowest BCUT2D eigenvalue weighted by atomic mass is 10.2. The maximum Gasteiger partial charge on any atom is 0.120 e. The Bertz CT molecular complexity index is 408. The highest BCUT2D eigenvalue weighted by Gasteiger charge is 2.08. The van der Waals surface area contributed by atoms with Crippen molar-refractivity contribution in [1.82, 2.24) is 5.32 Å². The van der Waals surface area contributed by atoms with Crippen molar-refractivity contribution in [1.29, 1.82) is 0 Å². The molecule has 80 valence electrons. The topological polar surface area (TPSA) is 51.2 Å². The van der Waals surface area contributed by atoms with Gasteiger partial charge in [0.15, 0.2) is 0 Å². The van der Waals surface area contributed by atoms with Crippen LogP contribution in [0.3, 0.4) is 0 Å². The smallest absolute Gasteiger partial charge is 0.120 e. The lowest BCUT2D eigenvalue weighted by Crippen LogP contribution is -2.17. The van der Waals surface area contributed by atoms with E-state index in [4.69, 9.17) is 10.2 Å². The van der Waals surface area contributed by atoms with Crippen LogP contribution in [0.1, 0.15) is 23.6 Å². The molecule has 1 unspecified atom stereocenters. The molecule has 0 bridgehead atoms. The molecule has 2 aromatic heterocycles. The molecule has 0 aliphatic heterocycles. The molecule has 0 radical (unpaired) electrons. The van der Waals surface area contributed by atoms with Crippen LogP contribution >= 0.6 is 11.3 Å². The SMILES string of the molecule is CC(NCc1sccc1N)c1ccco1. The van der Waals surface area contributed by atoms with Crippen molar-refractivity contribution in [2.24, 2.45) is 0 Å². The second-order valence-corrected chi connectivity index (χ2v) is 4.42. The van der Waals surface area contributed by atoms with Crippen molar-refractivity contribution < 1.29 is 4.42 Å². The number of anilines is 1. The summed E-state index contributed by atoms with van der Waals surface area (Å²) in [5, 5.41) is 5.37. The Balaban J connectivity index is 1.91. The Morgan fingerprint density at radius 3 is 3.00 bits per heavy atom. The lowest BCUT2D eigenvalue weighted by molar-refractivity contribution is 0.431. The van der Waals surface area contributed by atoms with Crippen LogP contribution in [0.25, 0.3) is 0 Å². The molecule has 0 aromatic carbocycles. The molecule has 0 saturated carbocycles. The minimum absolute atomic E-state index is 0.210. The average Bonchev–Trinajstić information content (AvgIpc) is 2.85. The van der Waals surface area contributed by atoms with Crippen molar-refractivity contribution in [3.8, 4) is 0 Å². The molecule has 15 heavy (non-hydrogen) atoms. The molecule has 0 aliphatic carbocycles. The van der Waals surface area contributed by atoms with Crippen LogP contribution in [0.2, 0.25) is 0 Å². The molecule has 2 heterocycles. The van der Waals surface area contributed by atoms with Gasteiger partial charge in [0, 0.05) is 17.1 Å². The predicted octanol–water partition coefficient (Wildman–Crippen LogP) is 2.77. The highest BCUT2D eigenvalue weighted by Crippen LogP contribution is 2.20. The third-order valence-corrected chi connectivity index (χ3v) is 3.26. The highest BCUT2D eigenvalue weighted by atomic mass is 32.1. The van der Waals surface area contributed by atoms with Gasteiger partial charge in [0.1, 0.15) is 5.76 Å². The van der Waals surface area contributed by atoms with E-state index in [0.717, 1.165) is 18.0 Å². The van der Waals surface area contributed by atoms with E-state index in [-0.39, 0.29) is 6.04 Å². The molecule has 4 heteroatoms. The second kappa shape index (κ2) is 4.51. The fourth-order valence-electron chi connectivity index (χ4n) is 1.38. The number of nitrogens with one attached hydrogen (secondary N) is 1. The number of nitrogen functional groups attached to an aromatic ring is 1. The quantitative estimate of drug-likeness (QED) is 0.836. The third kappa shape index (κ3) is 2.40. The number of thiophene rings is 1. The summed E-state index contributed by atoms with van der Waals surface area (Å²) in [6.45, 7) is 2.86. The predicted molar refractivity (Wildman–Crippen MR) is 62.7 cm³/mol. The molecule has 3 N–H and O–H groups in total. The number of rotatable bonds is 4. The van der Waals surface area contributed by atoms with Gasteiger partial charge in [0.25, 0.3) is 0 Å². The first-order valence-corrected chi connectivity index (χ1v) is 5.74. The van der Waals surface area contributed by atoms with E-state index in [1.54, 1.807) is 17.6 Å². The first-order chi connectivity index (χ1) is 7.27. The van der Waals surface area contributed by atoms with Crippen LogP contribution in [0.4, 0.5) is 5.69 Å². The summed E-state index contributed by atoms with van der Waals surface area (Å²) < 4.78 is 5.31. The minimum atomic E-state index is 0.210. The Labute approximate surface area is 92.9 Å². The zero-order chi connectivity index (χ0) is 10.7. The molecule has 0 aliphatic rings. The van der Waals surface area contributed by atoms with E-state index in [2.05, 4.69) is 12.2 Å². The van der Waals surface area contributed by atoms with Crippen LogP contribution in [-0.4, -0.2) is 0 Å². The molecular formula is C11H14N2OS. The van der Waals surface area contributed by atoms with Gasteiger partial charge in [0.2, 0.25) is 0 Å². The molecule has 0 saturated heterocycles. The third-order valence-electron chi connectivity index (χ3n) is 2.32. The summed E-state index contributed by atoms with van der Waals surface area (Å²) in [5.74, 6) is 0.949. The number of hydrogen-bond acceptors (Lipinski definition) is 4. The van der Waals surface area contributed by atoms with E-state index in [0.29, 0.717) is 0 Å². The zero-order valence-corrected chi connectivity index (χ0v) is 9.38. The van der Waals surface area contributed by atoms with Crippen molar-refractivity contribution in [3.05, 3.63) is 40.5 Å². The summed E-state index contributed by atoms with van der Waals surface area (Å²) in [5.41, 5.74) is 6.65. The molecule has 2 aromatic rings. The zero-order valence-electron chi connectivity index (χ0n) is 8.57. The molecule has 0 amide bonds. The Morgan fingerprint density at radius 2 is 2.40 bits per heavy atom. The van der Waals surface area contributed by atoms with Crippen LogP contribution in [0.15, 0.2) is 34.3 Å². The molecule has 0 spiro atoms. The molecule has 1 atom stereocenters. The highest BCUT2D eigenvalue weighted by molar-refractivity contribution is 7.10. The van der Waals surface area contributed by atoms with Gasteiger partial charge < -0.3 is 15.5 Å². The summed E-state index contributed by atoms with van der Waals surface area (Å²) in [6, 6.07) is 6.00. The lowest BCUT2D eigenvalue weighted by Gasteiger charge is -2.10.